The number of ether oxygens (including phenoxy) is 1. The van der Waals surface area contributed by atoms with Crippen LogP contribution in [-0.4, -0.2) is 46.8 Å². The van der Waals surface area contributed by atoms with Crippen LogP contribution in [0.15, 0.2) is 48.5 Å². The molecule has 4 rings (SSSR count). The van der Waals surface area contributed by atoms with Gasteiger partial charge in [0.25, 0.3) is 0 Å². The fourth-order valence-corrected chi connectivity index (χ4v) is 3.70. The Morgan fingerprint density at radius 3 is 2.44 bits per heavy atom. The standard InChI is InChI=1S/C22H19ClF3N5O3/c1-13(32)27-15-7-5-9-17(30-11-10-29(2)21(30)33)20(15)34-19-12-18(22(24,25)26)28-31(19)16-8-4-3-6-14(16)23/h3-9,12H,10-11H2,1-2H3,(H,27,32). The topological polar surface area (TPSA) is 79.7 Å². The second-order valence-corrected chi connectivity index (χ2v) is 7.93. The molecule has 0 unspecified atom stereocenters. The molecule has 0 saturated carbocycles. The Labute approximate surface area is 197 Å². The van der Waals surface area contributed by atoms with Crippen molar-refractivity contribution in [3.8, 4) is 17.3 Å². The van der Waals surface area contributed by atoms with Crippen molar-refractivity contribution in [3.05, 3.63) is 59.2 Å². The van der Waals surface area contributed by atoms with E-state index in [4.69, 9.17) is 16.3 Å². The van der Waals surface area contributed by atoms with Gasteiger partial charge >= 0.3 is 12.2 Å². The van der Waals surface area contributed by atoms with Crippen molar-refractivity contribution >= 4 is 34.9 Å². The van der Waals surface area contributed by atoms with E-state index in [9.17, 15) is 22.8 Å². The van der Waals surface area contributed by atoms with E-state index in [0.717, 1.165) is 10.7 Å². The zero-order valence-corrected chi connectivity index (χ0v) is 18.8. The number of aromatic nitrogens is 2. The number of para-hydroxylation sites is 2. The Hall–Kier alpha value is -3.73. The van der Waals surface area contributed by atoms with Gasteiger partial charge in [0.2, 0.25) is 11.8 Å². The van der Waals surface area contributed by atoms with Crippen molar-refractivity contribution in [1.82, 2.24) is 14.7 Å². The van der Waals surface area contributed by atoms with Gasteiger partial charge in [-0.05, 0) is 24.3 Å². The SMILES string of the molecule is CC(=O)Nc1cccc(N2CCN(C)C2=O)c1Oc1cc(C(F)(F)F)nn1-c1ccccc1Cl. The van der Waals surface area contributed by atoms with Crippen LogP contribution in [-0.2, 0) is 11.0 Å². The highest BCUT2D eigenvalue weighted by Crippen LogP contribution is 2.42. The Kier molecular flexibility index (Phi) is 6.13. The van der Waals surface area contributed by atoms with Crippen LogP contribution in [0, 0.1) is 0 Å². The summed E-state index contributed by atoms with van der Waals surface area (Å²) in [5.41, 5.74) is -0.586. The van der Waals surface area contributed by atoms with Gasteiger partial charge in [0.15, 0.2) is 11.4 Å². The van der Waals surface area contributed by atoms with Gasteiger partial charge in [0, 0.05) is 33.1 Å². The first-order valence-corrected chi connectivity index (χ1v) is 10.5. The number of rotatable bonds is 5. The highest BCUT2D eigenvalue weighted by molar-refractivity contribution is 6.32. The number of nitrogens with zero attached hydrogens (tertiary/aromatic N) is 4. The number of nitrogens with one attached hydrogen (secondary N) is 1. The molecular formula is C22H19ClF3N5O3. The highest BCUT2D eigenvalue weighted by atomic mass is 35.5. The molecular weight excluding hydrogens is 475 g/mol. The minimum Gasteiger partial charge on any atom is -0.434 e. The number of anilines is 2. The number of hydrogen-bond acceptors (Lipinski definition) is 4. The van der Waals surface area contributed by atoms with Gasteiger partial charge in [0.1, 0.15) is 0 Å². The van der Waals surface area contributed by atoms with Crippen LogP contribution >= 0.6 is 11.6 Å². The van der Waals surface area contributed by atoms with Gasteiger partial charge < -0.3 is 15.0 Å². The lowest BCUT2D eigenvalue weighted by Gasteiger charge is -2.22. The third-order valence-electron chi connectivity index (χ3n) is 5.07. The van der Waals surface area contributed by atoms with Crippen LogP contribution in [0.1, 0.15) is 12.6 Å². The van der Waals surface area contributed by atoms with Crippen LogP contribution < -0.4 is 15.0 Å². The Balaban J connectivity index is 1.88. The highest BCUT2D eigenvalue weighted by Gasteiger charge is 2.37. The maximum atomic E-state index is 13.5. The number of urea groups is 1. The van der Waals surface area contributed by atoms with Crippen LogP contribution in [0.4, 0.5) is 29.3 Å². The van der Waals surface area contributed by atoms with Gasteiger partial charge in [-0.25, -0.2) is 4.79 Å². The first-order valence-electron chi connectivity index (χ1n) is 10.1. The minimum atomic E-state index is -4.75. The van der Waals surface area contributed by atoms with Crippen LogP contribution in [0.3, 0.4) is 0 Å². The van der Waals surface area contributed by atoms with Crippen molar-refractivity contribution in [2.24, 2.45) is 0 Å². The molecule has 1 aliphatic heterocycles. The molecule has 2 heterocycles. The van der Waals surface area contributed by atoms with E-state index in [-0.39, 0.29) is 39.7 Å². The molecule has 1 saturated heterocycles. The summed E-state index contributed by atoms with van der Waals surface area (Å²) in [5, 5.41) is 6.41. The Morgan fingerprint density at radius 2 is 1.82 bits per heavy atom. The summed E-state index contributed by atoms with van der Waals surface area (Å²) in [6, 6.07) is 11.3. The van der Waals surface area contributed by atoms with Gasteiger partial charge in [-0.3, -0.25) is 9.69 Å². The van der Waals surface area contributed by atoms with Gasteiger partial charge in [-0.1, -0.05) is 29.8 Å². The zero-order chi connectivity index (χ0) is 24.6. The molecule has 0 atom stereocenters. The average molecular weight is 494 g/mol. The second-order valence-electron chi connectivity index (χ2n) is 7.52. The summed E-state index contributed by atoms with van der Waals surface area (Å²) in [5.74, 6) is -0.745. The lowest BCUT2D eigenvalue weighted by atomic mass is 10.2. The summed E-state index contributed by atoms with van der Waals surface area (Å²) in [6.07, 6.45) is -4.75. The number of carbonyl (C=O) groups is 2. The number of alkyl halides is 3. The number of carbonyl (C=O) groups excluding carboxylic acids is 2. The second kappa shape index (κ2) is 8.90. The molecule has 0 aliphatic carbocycles. The largest absolute Gasteiger partial charge is 0.435 e. The Bertz CT molecular complexity index is 1260. The number of benzene rings is 2. The first kappa shape index (κ1) is 23.4. The van der Waals surface area contributed by atoms with Crippen molar-refractivity contribution in [3.63, 3.8) is 0 Å². The lowest BCUT2D eigenvalue weighted by molar-refractivity contribution is -0.141. The summed E-state index contributed by atoms with van der Waals surface area (Å²) in [4.78, 5) is 27.3. The molecule has 1 N–H and O–H groups in total. The molecule has 2 aromatic carbocycles. The monoisotopic (exact) mass is 493 g/mol. The van der Waals surface area contributed by atoms with Crippen LogP contribution in [0.5, 0.6) is 11.6 Å². The number of hydrogen-bond donors (Lipinski definition) is 1. The summed E-state index contributed by atoms with van der Waals surface area (Å²) < 4.78 is 47.5. The molecule has 1 fully saturated rings. The van der Waals surface area contributed by atoms with E-state index in [1.54, 1.807) is 31.3 Å². The quantitative estimate of drug-likeness (QED) is 0.532. The molecule has 1 aliphatic rings. The molecule has 1 aromatic heterocycles. The summed E-state index contributed by atoms with van der Waals surface area (Å²) in [6.45, 7) is 2.05. The van der Waals surface area contributed by atoms with E-state index >= 15 is 0 Å². The van der Waals surface area contributed by atoms with E-state index in [1.807, 2.05) is 0 Å². The van der Waals surface area contributed by atoms with Crippen LogP contribution in [0.25, 0.3) is 5.69 Å². The average Bonchev–Trinajstić information content (AvgIpc) is 3.33. The molecule has 8 nitrogen and oxygen atoms in total. The summed E-state index contributed by atoms with van der Waals surface area (Å²) in [7, 11) is 1.63. The molecule has 178 valence electrons. The number of likely N-dealkylation sites (N-methyl/N-ethyl adjacent to an activating group) is 1. The minimum absolute atomic E-state index is 0.0109. The third-order valence-corrected chi connectivity index (χ3v) is 5.39. The first-order chi connectivity index (χ1) is 16.1. The van der Waals surface area contributed by atoms with Gasteiger partial charge in [-0.2, -0.15) is 23.0 Å². The van der Waals surface area contributed by atoms with Gasteiger partial charge in [0.05, 0.1) is 22.1 Å². The maximum Gasteiger partial charge on any atom is 0.435 e. The predicted molar refractivity (Wildman–Crippen MR) is 120 cm³/mol. The Morgan fingerprint density at radius 1 is 1.12 bits per heavy atom. The van der Waals surface area contributed by atoms with E-state index in [1.165, 1.54) is 34.9 Å². The number of halogens is 4. The van der Waals surface area contributed by atoms with Crippen LogP contribution in [0.2, 0.25) is 5.02 Å². The molecule has 3 aromatic rings. The maximum absolute atomic E-state index is 13.5. The lowest BCUT2D eigenvalue weighted by Crippen LogP contribution is -2.29. The molecule has 0 spiro atoms. The predicted octanol–water partition coefficient (Wildman–Crippen LogP) is 5.17. The molecule has 0 bridgehead atoms. The molecule has 34 heavy (non-hydrogen) atoms. The fourth-order valence-electron chi connectivity index (χ4n) is 3.48. The number of amides is 3. The van der Waals surface area contributed by atoms with Gasteiger partial charge in [-0.15, -0.1) is 0 Å². The van der Waals surface area contributed by atoms with Crippen molar-refractivity contribution in [2.45, 2.75) is 13.1 Å². The third kappa shape index (κ3) is 4.51. The van der Waals surface area contributed by atoms with E-state index in [2.05, 4.69) is 10.4 Å². The van der Waals surface area contributed by atoms with E-state index in [0.29, 0.717) is 13.1 Å². The van der Waals surface area contributed by atoms with Crippen molar-refractivity contribution in [2.75, 3.05) is 30.4 Å². The van der Waals surface area contributed by atoms with Crippen molar-refractivity contribution in [1.29, 1.82) is 0 Å². The smallest absolute Gasteiger partial charge is 0.434 e. The zero-order valence-electron chi connectivity index (χ0n) is 18.1. The molecule has 3 amide bonds. The molecule has 12 heteroatoms. The van der Waals surface area contributed by atoms with E-state index < -0.39 is 17.8 Å². The normalized spacial score (nSPS) is 14.0. The summed E-state index contributed by atoms with van der Waals surface area (Å²) >= 11 is 6.21. The van der Waals surface area contributed by atoms with Crippen molar-refractivity contribution < 1.29 is 27.5 Å². The molecule has 0 radical (unpaired) electrons. The fraction of sp³-hybridized carbons (Fsp3) is 0.227.